The van der Waals surface area contributed by atoms with Gasteiger partial charge in [-0.3, -0.25) is 0 Å². The predicted molar refractivity (Wildman–Crippen MR) is 116 cm³/mol. The second-order valence-electron chi connectivity index (χ2n) is 7.08. The largest absolute Gasteiger partial charge is 0.493 e. The summed E-state index contributed by atoms with van der Waals surface area (Å²) in [6, 6.07) is 8.78. The molecule has 0 aromatic heterocycles. The third-order valence-corrected chi connectivity index (χ3v) is 5.30. The molecule has 2 aromatic carbocycles. The van der Waals surface area contributed by atoms with Crippen LogP contribution in [0.15, 0.2) is 30.3 Å². The molecule has 0 N–H and O–H groups in total. The van der Waals surface area contributed by atoms with Crippen molar-refractivity contribution < 1.29 is 42.7 Å². The monoisotopic (exact) mass is 458 g/mol. The first-order valence-electron chi connectivity index (χ1n) is 10.0. The van der Waals surface area contributed by atoms with Gasteiger partial charge in [-0.15, -0.1) is 0 Å². The molecule has 0 amide bonds. The van der Waals surface area contributed by atoms with Crippen LogP contribution in [0.2, 0.25) is 0 Å². The van der Waals surface area contributed by atoms with E-state index in [0.717, 1.165) is 5.56 Å². The van der Waals surface area contributed by atoms with E-state index in [1.165, 1.54) is 21.3 Å². The van der Waals surface area contributed by atoms with Crippen LogP contribution in [0.5, 0.6) is 28.7 Å². The van der Waals surface area contributed by atoms with Crippen molar-refractivity contribution >= 4 is 11.7 Å². The molecule has 0 spiro atoms. The van der Waals surface area contributed by atoms with E-state index in [0.29, 0.717) is 34.3 Å². The van der Waals surface area contributed by atoms with E-state index < -0.39 is 18.0 Å². The fraction of sp³-hybridized carbons (Fsp3) is 0.391. The Morgan fingerprint density at radius 1 is 0.879 bits per heavy atom. The van der Waals surface area contributed by atoms with Crippen molar-refractivity contribution in [2.45, 2.75) is 12.7 Å². The minimum atomic E-state index is -0.775. The molecule has 2 atom stereocenters. The zero-order valence-corrected chi connectivity index (χ0v) is 19.1. The lowest BCUT2D eigenvalue weighted by molar-refractivity contribution is -0.140. The van der Waals surface area contributed by atoms with E-state index in [4.69, 9.17) is 33.2 Å². The number of cyclic esters (lactones) is 1. The van der Waals surface area contributed by atoms with Gasteiger partial charge in [0.1, 0.15) is 12.0 Å². The molecule has 1 aliphatic rings. The summed E-state index contributed by atoms with van der Waals surface area (Å²) < 4.78 is 38.1. The molecule has 1 heterocycles. The minimum absolute atomic E-state index is 0.0564. The molecule has 10 heteroatoms. The lowest BCUT2D eigenvalue weighted by Gasteiger charge is -2.19. The molecule has 1 saturated heterocycles. The SMILES string of the molecule is COc1ccc(COC[C@H]2C(=[N+]=[N-])C(=O)O[C@@H]2c2cc(OC)c(OC)c(OC)c2)cc1OC. The highest BCUT2D eigenvalue weighted by Gasteiger charge is 2.49. The lowest BCUT2D eigenvalue weighted by atomic mass is 9.94. The summed E-state index contributed by atoms with van der Waals surface area (Å²) in [4.78, 5) is 15.5. The fourth-order valence-corrected chi connectivity index (χ4v) is 3.67. The summed E-state index contributed by atoms with van der Waals surface area (Å²) in [6.07, 6.45) is -0.775. The molecular formula is C23H26N2O8. The van der Waals surface area contributed by atoms with Gasteiger partial charge in [0.2, 0.25) is 5.75 Å². The number of carbonyl (C=O) groups is 1. The van der Waals surface area contributed by atoms with Gasteiger partial charge in [0.05, 0.1) is 48.8 Å². The predicted octanol–water partition coefficient (Wildman–Crippen LogP) is 2.83. The van der Waals surface area contributed by atoms with Crippen molar-refractivity contribution in [1.82, 2.24) is 0 Å². The molecule has 1 fully saturated rings. The topological polar surface area (TPSA) is 118 Å². The maximum absolute atomic E-state index is 12.3. The van der Waals surface area contributed by atoms with E-state index >= 15 is 0 Å². The molecule has 1 aliphatic heterocycles. The number of rotatable bonds is 10. The molecule has 0 bridgehead atoms. The Labute approximate surface area is 191 Å². The number of ether oxygens (including phenoxy) is 7. The van der Waals surface area contributed by atoms with Gasteiger partial charge in [-0.25, -0.2) is 4.79 Å². The van der Waals surface area contributed by atoms with Gasteiger partial charge in [0.15, 0.2) is 23.0 Å². The van der Waals surface area contributed by atoms with Gasteiger partial charge >= 0.3 is 11.7 Å². The highest BCUT2D eigenvalue weighted by Crippen LogP contribution is 2.43. The van der Waals surface area contributed by atoms with Crippen LogP contribution in [-0.4, -0.2) is 58.6 Å². The second-order valence-corrected chi connectivity index (χ2v) is 7.08. The molecule has 0 unspecified atom stereocenters. The number of benzene rings is 2. The quantitative estimate of drug-likeness (QED) is 0.303. The average molecular weight is 458 g/mol. The second kappa shape index (κ2) is 10.7. The number of carbonyl (C=O) groups excluding carboxylic acids is 1. The Hall–Kier alpha value is -3.75. The Bertz CT molecular complexity index is 1040. The van der Waals surface area contributed by atoms with E-state index in [1.54, 1.807) is 38.5 Å². The van der Waals surface area contributed by atoms with E-state index in [-0.39, 0.29) is 18.9 Å². The molecule has 2 aromatic rings. The highest BCUT2D eigenvalue weighted by atomic mass is 16.6. The lowest BCUT2D eigenvalue weighted by Crippen LogP contribution is -2.23. The number of hydrogen-bond donors (Lipinski definition) is 0. The van der Waals surface area contributed by atoms with Crippen LogP contribution in [0.3, 0.4) is 0 Å². The summed E-state index contributed by atoms with van der Waals surface area (Å²) in [5, 5.41) is 0. The average Bonchev–Trinajstić information content (AvgIpc) is 3.17. The number of nitrogens with zero attached hydrogens (tertiary/aromatic N) is 2. The van der Waals surface area contributed by atoms with Crippen LogP contribution < -0.4 is 23.7 Å². The summed E-state index contributed by atoms with van der Waals surface area (Å²) >= 11 is 0. The molecule has 0 aliphatic carbocycles. The number of esters is 1. The summed E-state index contributed by atoms with van der Waals surface area (Å²) in [5.74, 6) is 1.01. The molecule has 176 valence electrons. The van der Waals surface area contributed by atoms with Crippen molar-refractivity contribution in [3.05, 3.63) is 47.0 Å². The summed E-state index contributed by atoms with van der Waals surface area (Å²) in [5.41, 5.74) is 10.7. The first-order valence-corrected chi connectivity index (χ1v) is 10.0. The maximum atomic E-state index is 12.3. The highest BCUT2D eigenvalue weighted by molar-refractivity contribution is 6.36. The van der Waals surface area contributed by atoms with Gasteiger partial charge in [0, 0.05) is 5.56 Å². The summed E-state index contributed by atoms with van der Waals surface area (Å²) in [6.45, 7) is 0.284. The van der Waals surface area contributed by atoms with Crippen molar-refractivity contribution in [3.63, 3.8) is 0 Å². The van der Waals surface area contributed by atoms with Crippen molar-refractivity contribution in [2.24, 2.45) is 5.92 Å². The van der Waals surface area contributed by atoms with Crippen LogP contribution in [0.1, 0.15) is 17.2 Å². The van der Waals surface area contributed by atoms with Crippen LogP contribution in [0, 0.1) is 5.92 Å². The molecule has 3 rings (SSSR count). The number of methoxy groups -OCH3 is 5. The Balaban J connectivity index is 1.84. The molecule has 0 radical (unpaired) electrons. The first kappa shape index (κ1) is 23.9. The van der Waals surface area contributed by atoms with E-state index in [1.807, 2.05) is 6.07 Å². The van der Waals surface area contributed by atoms with Crippen LogP contribution in [0.25, 0.3) is 5.53 Å². The maximum Gasteiger partial charge on any atom is 0.418 e. The first-order chi connectivity index (χ1) is 16.0. The van der Waals surface area contributed by atoms with Gasteiger partial charge in [-0.05, 0) is 29.8 Å². The molecule has 0 saturated carbocycles. The van der Waals surface area contributed by atoms with E-state index in [2.05, 4.69) is 4.79 Å². The standard InChI is InChI=1S/C23H26N2O8/c1-27-16-7-6-13(8-17(16)28-2)11-32-12-15-20(25-24)23(26)33-21(15)14-9-18(29-3)22(31-5)19(10-14)30-4/h6-10,15,21H,11-12H2,1-5H3/t15-,21+/m0/s1. The van der Waals surface area contributed by atoms with Gasteiger partial charge in [-0.1, -0.05) is 6.07 Å². The Kier molecular flexibility index (Phi) is 7.76. The van der Waals surface area contributed by atoms with Crippen molar-refractivity contribution in [2.75, 3.05) is 42.2 Å². The molecular weight excluding hydrogens is 432 g/mol. The van der Waals surface area contributed by atoms with Crippen molar-refractivity contribution in [1.29, 1.82) is 0 Å². The third kappa shape index (κ3) is 4.87. The zero-order chi connectivity index (χ0) is 24.0. The number of hydrogen-bond acceptors (Lipinski definition) is 8. The van der Waals surface area contributed by atoms with E-state index in [9.17, 15) is 10.3 Å². The van der Waals surface area contributed by atoms with Gasteiger partial charge in [0.25, 0.3) is 0 Å². The van der Waals surface area contributed by atoms with Gasteiger partial charge in [-0.2, -0.15) is 4.79 Å². The van der Waals surface area contributed by atoms with Crippen LogP contribution in [0.4, 0.5) is 0 Å². The smallest absolute Gasteiger partial charge is 0.418 e. The normalized spacial score (nSPS) is 17.2. The molecule has 10 nitrogen and oxygen atoms in total. The zero-order valence-electron chi connectivity index (χ0n) is 19.1. The van der Waals surface area contributed by atoms with Crippen LogP contribution >= 0.6 is 0 Å². The van der Waals surface area contributed by atoms with Gasteiger partial charge < -0.3 is 38.7 Å². The van der Waals surface area contributed by atoms with Crippen LogP contribution in [-0.2, 0) is 20.9 Å². The van der Waals surface area contributed by atoms with Crippen molar-refractivity contribution in [3.8, 4) is 28.7 Å². The summed E-state index contributed by atoms with van der Waals surface area (Å²) in [7, 11) is 7.59. The minimum Gasteiger partial charge on any atom is -0.493 e. The Morgan fingerprint density at radius 2 is 1.52 bits per heavy atom. The molecule has 33 heavy (non-hydrogen) atoms. The fourth-order valence-electron chi connectivity index (χ4n) is 3.67. The third-order valence-electron chi connectivity index (χ3n) is 5.30. The Morgan fingerprint density at radius 3 is 2.06 bits per heavy atom.